The number of alkyl halides is 3. The number of nitrogens with one attached hydrogen (secondary N) is 1. The second-order valence-corrected chi connectivity index (χ2v) is 6.50. The number of nitriles is 1. The monoisotopic (exact) mass is 426 g/mol. The normalized spacial score (nSPS) is 11.3. The summed E-state index contributed by atoms with van der Waals surface area (Å²) in [7, 11) is 1.76. The molecule has 0 unspecified atom stereocenters. The molecule has 8 nitrogen and oxygen atoms in total. The number of ether oxygens (including phenoxy) is 1. The van der Waals surface area contributed by atoms with Gasteiger partial charge in [-0.2, -0.15) is 15.5 Å². The van der Waals surface area contributed by atoms with E-state index in [9.17, 15) is 18.0 Å². The van der Waals surface area contributed by atoms with E-state index in [1.807, 2.05) is 0 Å². The molecule has 2 aromatic heterocycles. The van der Waals surface area contributed by atoms with E-state index in [4.69, 9.17) is 5.26 Å². The van der Waals surface area contributed by atoms with E-state index in [1.165, 1.54) is 6.07 Å². The number of rotatable bonds is 4. The maximum atomic E-state index is 12.8. The minimum absolute atomic E-state index is 0.323. The molecule has 4 aromatic rings. The molecular formula is C20H13F3N6O2. The molecule has 0 bridgehead atoms. The highest BCUT2D eigenvalue weighted by atomic mass is 19.4. The molecule has 31 heavy (non-hydrogen) atoms. The van der Waals surface area contributed by atoms with Crippen LogP contribution in [0.3, 0.4) is 0 Å². The number of benzene rings is 2. The predicted octanol–water partition coefficient (Wildman–Crippen LogP) is 3.78. The van der Waals surface area contributed by atoms with E-state index >= 15 is 0 Å². The van der Waals surface area contributed by atoms with Gasteiger partial charge in [-0.15, -0.1) is 13.2 Å². The number of carbonyl (C=O) groups is 1. The Labute approximate surface area is 173 Å². The lowest BCUT2D eigenvalue weighted by Crippen LogP contribution is -2.21. The first kappa shape index (κ1) is 20.0. The Balaban J connectivity index is 1.69. The molecule has 2 aromatic carbocycles. The molecule has 4 rings (SSSR count). The Morgan fingerprint density at radius 2 is 2.00 bits per heavy atom. The first-order valence-corrected chi connectivity index (χ1v) is 8.82. The van der Waals surface area contributed by atoms with Crippen molar-refractivity contribution < 1.29 is 22.7 Å². The number of carbonyl (C=O) groups excluding carboxylic acids is 1. The summed E-state index contributed by atoms with van der Waals surface area (Å²) in [6.45, 7) is 0. The quantitative estimate of drug-likeness (QED) is 0.536. The standard InChI is InChI=1S/C20H13F3N6O2/c1-28-11-15(10-25-28)29-17-7-14(6-5-13(17)9-26-29)27-19(30)16-4-2-3-12(8-24)18(16)31-20(21,22)23/h2-7,9-11H,1H3,(H,27,30). The van der Waals surface area contributed by atoms with Crippen molar-refractivity contribution in [3.8, 4) is 17.5 Å². The van der Waals surface area contributed by atoms with Crippen LogP contribution in [-0.4, -0.2) is 31.8 Å². The van der Waals surface area contributed by atoms with Gasteiger partial charge in [-0.1, -0.05) is 6.07 Å². The van der Waals surface area contributed by atoms with Gasteiger partial charge in [0.05, 0.1) is 35.2 Å². The van der Waals surface area contributed by atoms with Crippen LogP contribution in [0.5, 0.6) is 5.75 Å². The van der Waals surface area contributed by atoms with Gasteiger partial charge in [0.2, 0.25) is 0 Å². The van der Waals surface area contributed by atoms with Gasteiger partial charge >= 0.3 is 6.36 Å². The van der Waals surface area contributed by atoms with Crippen LogP contribution in [0.15, 0.2) is 55.0 Å². The summed E-state index contributed by atoms with van der Waals surface area (Å²) < 4.78 is 45.6. The zero-order valence-electron chi connectivity index (χ0n) is 15.9. The SMILES string of the molecule is Cn1cc(-n2ncc3ccc(NC(=O)c4cccc(C#N)c4OC(F)(F)F)cc32)cn1. The minimum Gasteiger partial charge on any atom is -0.404 e. The van der Waals surface area contributed by atoms with Gasteiger partial charge in [0.1, 0.15) is 11.8 Å². The van der Waals surface area contributed by atoms with Crippen molar-refractivity contribution in [3.63, 3.8) is 0 Å². The van der Waals surface area contributed by atoms with Gasteiger partial charge < -0.3 is 10.1 Å². The van der Waals surface area contributed by atoms with Crippen molar-refractivity contribution in [2.24, 2.45) is 7.05 Å². The number of hydrogen-bond donors (Lipinski definition) is 1. The second-order valence-electron chi connectivity index (χ2n) is 6.50. The Morgan fingerprint density at radius 3 is 2.68 bits per heavy atom. The van der Waals surface area contributed by atoms with Crippen molar-refractivity contribution in [1.82, 2.24) is 19.6 Å². The van der Waals surface area contributed by atoms with Crippen LogP contribution in [0.25, 0.3) is 16.6 Å². The van der Waals surface area contributed by atoms with Crippen LogP contribution in [0, 0.1) is 11.3 Å². The number of para-hydroxylation sites is 1. The predicted molar refractivity (Wildman–Crippen MR) is 104 cm³/mol. The number of anilines is 1. The van der Waals surface area contributed by atoms with Gasteiger partial charge in [-0.25, -0.2) is 4.68 Å². The van der Waals surface area contributed by atoms with Crippen LogP contribution in [0.4, 0.5) is 18.9 Å². The zero-order valence-corrected chi connectivity index (χ0v) is 15.9. The molecule has 0 aliphatic rings. The van der Waals surface area contributed by atoms with Crippen LogP contribution in [0.2, 0.25) is 0 Å². The van der Waals surface area contributed by atoms with Gasteiger partial charge in [0.25, 0.3) is 5.91 Å². The van der Waals surface area contributed by atoms with Crippen LogP contribution in [-0.2, 0) is 7.05 Å². The molecule has 0 spiro atoms. The zero-order chi connectivity index (χ0) is 22.2. The molecule has 0 atom stereocenters. The topological polar surface area (TPSA) is 97.8 Å². The molecule has 1 amide bonds. The smallest absolute Gasteiger partial charge is 0.404 e. The summed E-state index contributed by atoms with van der Waals surface area (Å²) >= 11 is 0. The third-order valence-electron chi connectivity index (χ3n) is 4.36. The lowest BCUT2D eigenvalue weighted by atomic mass is 10.1. The first-order chi connectivity index (χ1) is 14.7. The fraction of sp³-hybridized carbons (Fsp3) is 0.100. The fourth-order valence-electron chi connectivity index (χ4n) is 3.05. The van der Waals surface area contributed by atoms with Crippen molar-refractivity contribution >= 4 is 22.5 Å². The average Bonchev–Trinajstić information content (AvgIpc) is 3.32. The van der Waals surface area contributed by atoms with Crippen molar-refractivity contribution in [1.29, 1.82) is 5.26 Å². The van der Waals surface area contributed by atoms with Crippen LogP contribution in [0.1, 0.15) is 15.9 Å². The summed E-state index contributed by atoms with van der Waals surface area (Å²) in [5, 5.41) is 20.8. The molecule has 0 fully saturated rings. The molecule has 0 saturated carbocycles. The van der Waals surface area contributed by atoms with Gasteiger partial charge in [0, 0.05) is 18.1 Å². The van der Waals surface area contributed by atoms with Crippen LogP contribution < -0.4 is 10.1 Å². The van der Waals surface area contributed by atoms with Gasteiger partial charge in [-0.3, -0.25) is 9.48 Å². The molecular weight excluding hydrogens is 413 g/mol. The van der Waals surface area contributed by atoms with E-state index in [0.29, 0.717) is 16.9 Å². The highest BCUT2D eigenvalue weighted by molar-refractivity contribution is 6.07. The number of amides is 1. The van der Waals surface area contributed by atoms with E-state index in [2.05, 4.69) is 20.3 Å². The summed E-state index contributed by atoms with van der Waals surface area (Å²) in [5.74, 6) is -1.71. The maximum absolute atomic E-state index is 12.8. The Kier molecular flexibility index (Phi) is 4.82. The van der Waals surface area contributed by atoms with Crippen molar-refractivity contribution in [2.75, 3.05) is 5.32 Å². The van der Waals surface area contributed by atoms with E-state index < -0.39 is 29.1 Å². The molecule has 156 valence electrons. The van der Waals surface area contributed by atoms with Crippen LogP contribution >= 0.6 is 0 Å². The van der Waals surface area contributed by atoms with Crippen molar-refractivity contribution in [3.05, 3.63) is 66.1 Å². The van der Waals surface area contributed by atoms with Crippen molar-refractivity contribution in [2.45, 2.75) is 6.36 Å². The second kappa shape index (κ2) is 7.49. The van der Waals surface area contributed by atoms with E-state index in [1.54, 1.807) is 59.3 Å². The maximum Gasteiger partial charge on any atom is 0.573 e. The number of nitrogens with zero attached hydrogens (tertiary/aromatic N) is 5. The number of aryl methyl sites for hydroxylation is 1. The highest BCUT2D eigenvalue weighted by Crippen LogP contribution is 2.31. The molecule has 1 N–H and O–H groups in total. The summed E-state index contributed by atoms with van der Waals surface area (Å²) in [4.78, 5) is 12.7. The van der Waals surface area contributed by atoms with E-state index in [-0.39, 0.29) is 0 Å². The Bertz CT molecular complexity index is 1330. The summed E-state index contributed by atoms with van der Waals surface area (Å²) in [6, 6.07) is 10.1. The minimum atomic E-state index is -5.06. The number of halogens is 3. The lowest BCUT2D eigenvalue weighted by molar-refractivity contribution is -0.274. The van der Waals surface area contributed by atoms with E-state index in [0.717, 1.165) is 17.5 Å². The number of aromatic nitrogens is 4. The molecule has 0 aliphatic heterocycles. The molecule has 2 heterocycles. The van der Waals surface area contributed by atoms with Gasteiger partial charge in [0.15, 0.2) is 5.75 Å². The third kappa shape index (κ3) is 4.04. The number of hydrogen-bond acceptors (Lipinski definition) is 5. The summed E-state index contributed by atoms with van der Waals surface area (Å²) in [5.41, 5.74) is 0.850. The largest absolute Gasteiger partial charge is 0.573 e. The molecule has 0 saturated heterocycles. The highest BCUT2D eigenvalue weighted by Gasteiger charge is 2.34. The summed E-state index contributed by atoms with van der Waals surface area (Å²) in [6.07, 6.45) is -0.0472. The molecule has 0 radical (unpaired) electrons. The molecule has 11 heteroatoms. The molecule has 0 aliphatic carbocycles. The van der Waals surface area contributed by atoms with Gasteiger partial charge in [-0.05, 0) is 30.3 Å². The Morgan fingerprint density at radius 1 is 1.19 bits per heavy atom. The lowest BCUT2D eigenvalue weighted by Gasteiger charge is -2.14. The average molecular weight is 426 g/mol. The Hall–Kier alpha value is -4.33. The fourth-order valence-corrected chi connectivity index (χ4v) is 3.05. The third-order valence-corrected chi connectivity index (χ3v) is 4.36. The first-order valence-electron chi connectivity index (χ1n) is 8.82. The number of fused-ring (bicyclic) bond motifs is 1.